The highest BCUT2D eigenvalue weighted by Crippen LogP contribution is 2.38. The minimum absolute atomic E-state index is 0.00366. The number of nitrogens with zero attached hydrogens (tertiary/aromatic N) is 2. The Morgan fingerprint density at radius 1 is 1.05 bits per heavy atom. The van der Waals surface area contributed by atoms with Crippen LogP contribution < -0.4 is 10.3 Å². The molecule has 0 bridgehead atoms. The van der Waals surface area contributed by atoms with Gasteiger partial charge in [-0.1, -0.05) is 65.5 Å². The first-order chi connectivity index (χ1) is 18.9. The summed E-state index contributed by atoms with van der Waals surface area (Å²) in [5, 5.41) is 9.65. The van der Waals surface area contributed by atoms with Gasteiger partial charge in [0.2, 0.25) is 0 Å². The molecule has 39 heavy (non-hydrogen) atoms. The average Bonchev–Trinajstić information content (AvgIpc) is 2.92. The Kier molecular flexibility index (Phi) is 12.5. The monoisotopic (exact) mass is 600 g/mol. The van der Waals surface area contributed by atoms with Gasteiger partial charge in [0.1, 0.15) is 18.2 Å². The highest BCUT2D eigenvalue weighted by molar-refractivity contribution is 9.10. The Morgan fingerprint density at radius 3 is 2.54 bits per heavy atom. The minimum atomic E-state index is -0.213. The number of aliphatic hydroxyl groups is 1. The lowest BCUT2D eigenvalue weighted by atomic mass is 9.87. The number of hydrogen-bond donors (Lipinski definition) is 1. The molecule has 3 aromatic rings. The van der Waals surface area contributed by atoms with Gasteiger partial charge in [0.05, 0.1) is 36.4 Å². The topological polar surface area (TPSA) is 73.6 Å². The second-order valence-electron chi connectivity index (χ2n) is 10.4. The SMILES string of the molecule is CCCCCC(CCC)c1cc(C)c(-n2c(C(C)CC)nc(=O)c3c(Br)cccc32)cc1OCCOCCO. The fraction of sp³-hybridized carbons (Fsp3) is 0.562. The van der Waals surface area contributed by atoms with Crippen molar-refractivity contribution in [2.24, 2.45) is 0 Å². The highest BCUT2D eigenvalue weighted by Gasteiger charge is 2.23. The quantitative estimate of drug-likeness (QED) is 0.170. The van der Waals surface area contributed by atoms with E-state index in [-0.39, 0.29) is 18.1 Å². The largest absolute Gasteiger partial charge is 0.491 e. The Hall–Kier alpha value is -2.22. The number of benzene rings is 2. The van der Waals surface area contributed by atoms with E-state index in [1.54, 1.807) is 0 Å². The molecule has 1 aromatic heterocycles. The van der Waals surface area contributed by atoms with Crippen LogP contribution in [0, 0.1) is 6.92 Å². The number of aryl methyl sites for hydroxylation is 1. The summed E-state index contributed by atoms with van der Waals surface area (Å²) in [5.41, 5.74) is 3.96. The van der Waals surface area contributed by atoms with Gasteiger partial charge in [0.15, 0.2) is 0 Å². The van der Waals surface area contributed by atoms with Crippen LogP contribution in [-0.2, 0) is 4.74 Å². The van der Waals surface area contributed by atoms with Gasteiger partial charge in [0, 0.05) is 16.5 Å². The normalized spacial score (nSPS) is 13.1. The summed E-state index contributed by atoms with van der Waals surface area (Å²) in [6, 6.07) is 10.3. The molecule has 0 radical (unpaired) electrons. The maximum absolute atomic E-state index is 13.1. The van der Waals surface area contributed by atoms with E-state index in [0.29, 0.717) is 31.1 Å². The summed E-state index contributed by atoms with van der Waals surface area (Å²) in [6.07, 6.45) is 7.83. The Morgan fingerprint density at radius 2 is 1.85 bits per heavy atom. The fourth-order valence-corrected chi connectivity index (χ4v) is 5.74. The number of hydrogen-bond acceptors (Lipinski definition) is 5. The molecule has 3 rings (SSSR count). The molecular weight excluding hydrogens is 556 g/mol. The molecule has 0 spiro atoms. The number of aliphatic hydroxyl groups excluding tert-OH is 1. The maximum Gasteiger partial charge on any atom is 0.281 e. The molecule has 0 saturated carbocycles. The summed E-state index contributed by atoms with van der Waals surface area (Å²) < 4.78 is 14.8. The maximum atomic E-state index is 13.1. The van der Waals surface area contributed by atoms with Crippen LogP contribution in [-0.4, -0.2) is 41.1 Å². The number of fused-ring (bicyclic) bond motifs is 1. The molecule has 0 aliphatic rings. The standard InChI is InChI=1S/C32H45BrN2O4/c1-6-9-10-13-24(12-7-2)25-20-23(5)28(21-29(25)39-19-18-38-17-16-36)35-27-15-11-14-26(33)30(27)32(37)34-31(35)22(4)8-3/h11,14-15,20-22,24,36H,6-10,12-13,16-19H2,1-5H3. The van der Waals surface area contributed by atoms with Crippen LogP contribution in [0.3, 0.4) is 0 Å². The predicted octanol–water partition coefficient (Wildman–Crippen LogP) is 7.82. The number of ether oxygens (including phenoxy) is 2. The number of rotatable bonds is 16. The van der Waals surface area contributed by atoms with Gasteiger partial charge >= 0.3 is 0 Å². The van der Waals surface area contributed by atoms with Crippen molar-refractivity contribution in [1.29, 1.82) is 0 Å². The summed E-state index contributed by atoms with van der Waals surface area (Å²) >= 11 is 3.59. The number of aromatic nitrogens is 2. The van der Waals surface area contributed by atoms with Crippen molar-refractivity contribution in [3.63, 3.8) is 0 Å². The van der Waals surface area contributed by atoms with E-state index in [9.17, 15) is 4.79 Å². The smallest absolute Gasteiger partial charge is 0.281 e. The Balaban J connectivity index is 2.23. The van der Waals surface area contributed by atoms with Crippen molar-refractivity contribution in [3.8, 4) is 11.4 Å². The zero-order valence-electron chi connectivity index (χ0n) is 24.3. The molecule has 1 N–H and O–H groups in total. The van der Waals surface area contributed by atoms with E-state index in [0.717, 1.165) is 58.5 Å². The van der Waals surface area contributed by atoms with Crippen LogP contribution >= 0.6 is 15.9 Å². The van der Waals surface area contributed by atoms with Gasteiger partial charge < -0.3 is 14.6 Å². The third-order valence-corrected chi connectivity index (χ3v) is 8.13. The van der Waals surface area contributed by atoms with Crippen LogP contribution in [0.15, 0.2) is 39.6 Å². The van der Waals surface area contributed by atoms with Crippen molar-refractivity contribution in [2.75, 3.05) is 26.4 Å². The molecule has 0 amide bonds. The number of halogens is 1. The van der Waals surface area contributed by atoms with Gasteiger partial charge in [-0.05, 0) is 71.3 Å². The molecular formula is C32H45BrN2O4. The van der Waals surface area contributed by atoms with Crippen LogP contribution in [0.1, 0.15) is 101 Å². The van der Waals surface area contributed by atoms with E-state index in [4.69, 9.17) is 14.6 Å². The van der Waals surface area contributed by atoms with Gasteiger partial charge in [0.25, 0.3) is 5.56 Å². The lowest BCUT2D eigenvalue weighted by Gasteiger charge is -2.25. The predicted molar refractivity (Wildman–Crippen MR) is 164 cm³/mol. The first-order valence-electron chi connectivity index (χ1n) is 14.5. The van der Waals surface area contributed by atoms with E-state index < -0.39 is 0 Å². The van der Waals surface area contributed by atoms with Crippen LogP contribution in [0.4, 0.5) is 0 Å². The molecule has 0 aliphatic carbocycles. The summed E-state index contributed by atoms with van der Waals surface area (Å²) in [4.78, 5) is 17.7. The molecule has 0 saturated heterocycles. The highest BCUT2D eigenvalue weighted by atomic mass is 79.9. The summed E-state index contributed by atoms with van der Waals surface area (Å²) in [7, 11) is 0. The van der Waals surface area contributed by atoms with Crippen molar-refractivity contribution in [1.82, 2.24) is 9.55 Å². The van der Waals surface area contributed by atoms with E-state index in [2.05, 4.69) is 72.2 Å². The average molecular weight is 602 g/mol. The van der Waals surface area contributed by atoms with Gasteiger partial charge in [-0.15, -0.1) is 0 Å². The second-order valence-corrected chi connectivity index (χ2v) is 11.3. The third-order valence-electron chi connectivity index (χ3n) is 7.47. The van der Waals surface area contributed by atoms with Gasteiger partial charge in [-0.2, -0.15) is 4.98 Å². The molecule has 0 fully saturated rings. The van der Waals surface area contributed by atoms with Crippen molar-refractivity contribution < 1.29 is 14.6 Å². The molecule has 214 valence electrons. The summed E-state index contributed by atoms with van der Waals surface area (Å²) in [5.74, 6) is 2.12. The molecule has 2 aromatic carbocycles. The lowest BCUT2D eigenvalue weighted by molar-refractivity contribution is 0.0702. The molecule has 0 aliphatic heterocycles. The Bertz CT molecular complexity index is 1270. The van der Waals surface area contributed by atoms with Crippen LogP contribution in [0.5, 0.6) is 5.75 Å². The lowest BCUT2D eigenvalue weighted by Crippen LogP contribution is -2.21. The third kappa shape index (κ3) is 7.71. The molecule has 2 unspecified atom stereocenters. The Labute approximate surface area is 241 Å². The first-order valence-corrected chi connectivity index (χ1v) is 15.3. The summed E-state index contributed by atoms with van der Waals surface area (Å²) in [6.45, 7) is 12.0. The van der Waals surface area contributed by atoms with Crippen molar-refractivity contribution in [3.05, 3.63) is 62.1 Å². The first kappa shape index (κ1) is 31.3. The van der Waals surface area contributed by atoms with Crippen molar-refractivity contribution >= 4 is 26.8 Å². The molecule has 1 heterocycles. The number of unbranched alkanes of at least 4 members (excludes halogenated alkanes) is 2. The van der Waals surface area contributed by atoms with Gasteiger partial charge in [-0.25, -0.2) is 0 Å². The van der Waals surface area contributed by atoms with Crippen molar-refractivity contribution in [2.45, 2.75) is 91.4 Å². The van der Waals surface area contributed by atoms with Crippen LogP contribution in [0.25, 0.3) is 16.6 Å². The van der Waals surface area contributed by atoms with Crippen LogP contribution in [0.2, 0.25) is 0 Å². The van der Waals surface area contributed by atoms with E-state index >= 15 is 0 Å². The second kappa shape index (κ2) is 15.5. The molecule has 2 atom stereocenters. The fourth-order valence-electron chi connectivity index (χ4n) is 5.22. The van der Waals surface area contributed by atoms with E-state index in [1.165, 1.54) is 24.8 Å². The minimum Gasteiger partial charge on any atom is -0.491 e. The zero-order valence-corrected chi connectivity index (χ0v) is 25.8. The molecule has 6 nitrogen and oxygen atoms in total. The zero-order chi connectivity index (χ0) is 28.4. The molecule has 7 heteroatoms. The van der Waals surface area contributed by atoms with Gasteiger partial charge in [-0.3, -0.25) is 9.36 Å². The van der Waals surface area contributed by atoms with E-state index in [1.807, 2.05) is 18.2 Å².